The normalized spacial score (nSPS) is 10.8. The van der Waals surface area contributed by atoms with E-state index >= 15 is 0 Å². The molecule has 19 heavy (non-hydrogen) atoms. The zero-order chi connectivity index (χ0) is 14.0. The Balaban J connectivity index is 2.12. The summed E-state index contributed by atoms with van der Waals surface area (Å²) in [7, 11) is 1.99. The minimum Gasteiger partial charge on any atom is -0.379 e. The second-order valence-corrected chi connectivity index (χ2v) is 5.67. The lowest BCUT2D eigenvalue weighted by Gasteiger charge is -2.10. The second kappa shape index (κ2) is 5.78. The van der Waals surface area contributed by atoms with Crippen LogP contribution in [0, 0.1) is 13.8 Å². The number of nitrogens with one attached hydrogen (secondary N) is 1. The lowest BCUT2D eigenvalue weighted by molar-refractivity contribution is 0.707. The molecule has 102 valence electrons. The smallest absolute Gasteiger partial charge is 0.0625 e. The molecule has 0 unspecified atom stereocenters. The average molecular weight is 322 g/mol. The van der Waals surface area contributed by atoms with Crippen molar-refractivity contribution >= 4 is 21.6 Å². The quantitative estimate of drug-likeness (QED) is 0.923. The molecule has 2 rings (SSSR count). The molecule has 1 heterocycles. The average Bonchev–Trinajstić information content (AvgIpc) is 2.74. The summed E-state index contributed by atoms with van der Waals surface area (Å²) < 4.78 is 3.14. The van der Waals surface area contributed by atoms with E-state index in [-0.39, 0.29) is 0 Å². The van der Waals surface area contributed by atoms with Crippen LogP contribution in [0.25, 0.3) is 0 Å². The molecule has 0 fully saturated rings. The molecule has 0 atom stereocenters. The topological polar surface area (TPSA) is 29.9 Å². The number of halogens is 1. The maximum absolute atomic E-state index is 4.46. The minimum absolute atomic E-state index is 0.796. The van der Waals surface area contributed by atoms with Crippen LogP contribution in [0.3, 0.4) is 0 Å². The first kappa shape index (κ1) is 14.1. The molecule has 0 aliphatic carbocycles. The fraction of sp³-hybridized carbons (Fsp3) is 0.400. The molecule has 1 aromatic heterocycles. The van der Waals surface area contributed by atoms with Crippen LogP contribution in [0.1, 0.15) is 29.4 Å². The largest absolute Gasteiger partial charge is 0.379 e. The van der Waals surface area contributed by atoms with Crippen molar-refractivity contribution < 1.29 is 0 Å². The minimum atomic E-state index is 0.796. The summed E-state index contributed by atoms with van der Waals surface area (Å²) in [5.41, 5.74) is 6.00. The number of hydrogen-bond acceptors (Lipinski definition) is 2. The van der Waals surface area contributed by atoms with Gasteiger partial charge in [0.25, 0.3) is 0 Å². The Labute approximate surface area is 123 Å². The zero-order valence-corrected chi connectivity index (χ0v) is 13.5. The Kier molecular flexibility index (Phi) is 4.30. The van der Waals surface area contributed by atoms with E-state index in [0.29, 0.717) is 0 Å². The molecule has 0 saturated heterocycles. The summed E-state index contributed by atoms with van der Waals surface area (Å²) in [5.74, 6) is 0. The standard InChI is InChI=1S/C15H20BrN3/c1-5-12-8-14(19(4)18-12)9-17-13-6-10(2)15(16)11(3)7-13/h6-8,17H,5,9H2,1-4H3. The molecule has 1 N–H and O–H groups in total. The number of hydrogen-bond donors (Lipinski definition) is 1. The molecule has 4 heteroatoms. The maximum atomic E-state index is 4.46. The number of aromatic nitrogens is 2. The van der Waals surface area contributed by atoms with Crippen LogP contribution in [0.15, 0.2) is 22.7 Å². The summed E-state index contributed by atoms with van der Waals surface area (Å²) in [6, 6.07) is 6.48. The zero-order valence-electron chi connectivity index (χ0n) is 11.9. The van der Waals surface area contributed by atoms with Crippen molar-refractivity contribution in [3.8, 4) is 0 Å². The predicted octanol–water partition coefficient (Wildman–Crippen LogP) is 3.97. The van der Waals surface area contributed by atoms with Gasteiger partial charge in [0, 0.05) is 17.2 Å². The highest BCUT2D eigenvalue weighted by Crippen LogP contribution is 2.25. The van der Waals surface area contributed by atoms with Crippen molar-refractivity contribution in [1.29, 1.82) is 0 Å². The molecule has 0 bridgehead atoms. The van der Waals surface area contributed by atoms with E-state index in [9.17, 15) is 0 Å². The van der Waals surface area contributed by atoms with Gasteiger partial charge < -0.3 is 5.32 Å². The SMILES string of the molecule is CCc1cc(CNc2cc(C)c(Br)c(C)c2)n(C)n1. The van der Waals surface area contributed by atoms with Gasteiger partial charge in [-0.15, -0.1) is 0 Å². The highest BCUT2D eigenvalue weighted by Gasteiger charge is 2.05. The first-order valence-electron chi connectivity index (χ1n) is 6.53. The number of rotatable bonds is 4. The number of nitrogens with zero attached hydrogens (tertiary/aromatic N) is 2. The molecule has 1 aromatic carbocycles. The third-order valence-corrected chi connectivity index (χ3v) is 4.55. The molecule has 0 radical (unpaired) electrons. The van der Waals surface area contributed by atoms with Gasteiger partial charge in [-0.3, -0.25) is 4.68 Å². The van der Waals surface area contributed by atoms with Crippen molar-refractivity contribution in [3.63, 3.8) is 0 Å². The molecule has 0 aliphatic rings. The summed E-state index contributed by atoms with van der Waals surface area (Å²) in [5, 5.41) is 7.93. The van der Waals surface area contributed by atoms with E-state index < -0.39 is 0 Å². The van der Waals surface area contributed by atoms with Crippen molar-refractivity contribution in [2.24, 2.45) is 7.05 Å². The van der Waals surface area contributed by atoms with Crippen molar-refractivity contribution in [1.82, 2.24) is 9.78 Å². The molecule has 3 nitrogen and oxygen atoms in total. The molecular weight excluding hydrogens is 302 g/mol. The van der Waals surface area contributed by atoms with Crippen LogP contribution in [0.4, 0.5) is 5.69 Å². The van der Waals surface area contributed by atoms with E-state index in [1.54, 1.807) is 0 Å². The van der Waals surface area contributed by atoms with Gasteiger partial charge in [-0.2, -0.15) is 5.10 Å². The molecule has 0 aliphatic heterocycles. The van der Waals surface area contributed by atoms with E-state index in [0.717, 1.165) is 24.3 Å². The van der Waals surface area contributed by atoms with Crippen LogP contribution in [-0.4, -0.2) is 9.78 Å². The van der Waals surface area contributed by atoms with Gasteiger partial charge in [-0.05, 0) is 49.6 Å². The van der Waals surface area contributed by atoms with Crippen LogP contribution in [0.5, 0.6) is 0 Å². The maximum Gasteiger partial charge on any atom is 0.0625 e. The highest BCUT2D eigenvalue weighted by molar-refractivity contribution is 9.10. The second-order valence-electron chi connectivity index (χ2n) is 4.88. The van der Waals surface area contributed by atoms with Crippen molar-refractivity contribution in [2.75, 3.05) is 5.32 Å². The fourth-order valence-corrected chi connectivity index (χ4v) is 2.38. The van der Waals surface area contributed by atoms with E-state index in [2.05, 4.69) is 65.3 Å². The van der Waals surface area contributed by atoms with Crippen LogP contribution < -0.4 is 5.32 Å². The molecule has 0 saturated carbocycles. The Morgan fingerprint density at radius 3 is 2.37 bits per heavy atom. The summed E-state index contributed by atoms with van der Waals surface area (Å²) in [6.07, 6.45) is 0.977. The Hall–Kier alpha value is -1.29. The highest BCUT2D eigenvalue weighted by atomic mass is 79.9. The summed E-state index contributed by atoms with van der Waals surface area (Å²) >= 11 is 3.59. The molecule has 0 amide bonds. The van der Waals surface area contributed by atoms with Crippen molar-refractivity contribution in [2.45, 2.75) is 33.7 Å². The van der Waals surface area contributed by atoms with Gasteiger partial charge in [0.1, 0.15) is 0 Å². The van der Waals surface area contributed by atoms with Crippen LogP contribution >= 0.6 is 15.9 Å². The van der Waals surface area contributed by atoms with Gasteiger partial charge in [0.05, 0.1) is 17.9 Å². The molecular formula is C15H20BrN3. The fourth-order valence-electron chi connectivity index (χ4n) is 2.15. The monoisotopic (exact) mass is 321 g/mol. The predicted molar refractivity (Wildman–Crippen MR) is 83.5 cm³/mol. The first-order valence-corrected chi connectivity index (χ1v) is 7.33. The summed E-state index contributed by atoms with van der Waals surface area (Å²) in [4.78, 5) is 0. The molecule has 2 aromatic rings. The first-order chi connectivity index (χ1) is 9.01. The van der Waals surface area contributed by atoms with Crippen LogP contribution in [-0.2, 0) is 20.0 Å². The van der Waals surface area contributed by atoms with Gasteiger partial charge in [-0.1, -0.05) is 22.9 Å². The van der Waals surface area contributed by atoms with Gasteiger partial charge in [-0.25, -0.2) is 0 Å². The van der Waals surface area contributed by atoms with E-state index in [1.165, 1.54) is 21.3 Å². The number of benzene rings is 1. The lowest BCUT2D eigenvalue weighted by atomic mass is 10.1. The van der Waals surface area contributed by atoms with Crippen LogP contribution in [0.2, 0.25) is 0 Å². The number of aryl methyl sites for hydroxylation is 4. The van der Waals surface area contributed by atoms with Gasteiger partial charge >= 0.3 is 0 Å². The van der Waals surface area contributed by atoms with Gasteiger partial charge in [0.2, 0.25) is 0 Å². The third-order valence-electron chi connectivity index (χ3n) is 3.30. The lowest BCUT2D eigenvalue weighted by Crippen LogP contribution is -2.05. The van der Waals surface area contributed by atoms with Crippen molar-refractivity contribution in [3.05, 3.63) is 45.2 Å². The Morgan fingerprint density at radius 2 is 1.84 bits per heavy atom. The van der Waals surface area contributed by atoms with Gasteiger partial charge in [0.15, 0.2) is 0 Å². The summed E-state index contributed by atoms with van der Waals surface area (Å²) in [6.45, 7) is 7.15. The third kappa shape index (κ3) is 3.18. The Bertz CT molecular complexity index is 564. The van der Waals surface area contributed by atoms with E-state index in [1.807, 2.05) is 11.7 Å². The van der Waals surface area contributed by atoms with E-state index in [4.69, 9.17) is 0 Å². The molecule has 0 spiro atoms. The number of anilines is 1. The Morgan fingerprint density at radius 1 is 1.21 bits per heavy atom.